The van der Waals surface area contributed by atoms with Crippen LogP contribution >= 0.6 is 0 Å². The molecule has 0 aliphatic carbocycles. The fraction of sp³-hybridized carbons (Fsp3) is 0. The molecule has 0 unspecified atom stereocenters. The summed E-state index contributed by atoms with van der Waals surface area (Å²) in [6.07, 6.45) is 0. The Balaban J connectivity index is 1.19. The molecular weight excluding hydrogens is 585 g/mol. The van der Waals surface area contributed by atoms with Crippen LogP contribution in [-0.4, -0.2) is 9.13 Å². The molecule has 48 heavy (non-hydrogen) atoms. The number of para-hydroxylation sites is 4. The van der Waals surface area contributed by atoms with Gasteiger partial charge in [0.05, 0.1) is 40.1 Å². The Morgan fingerprint density at radius 2 is 1.02 bits per heavy atom. The highest BCUT2D eigenvalue weighted by Gasteiger charge is 2.18. The number of benzene rings is 7. The van der Waals surface area contributed by atoms with Gasteiger partial charge in [0.2, 0.25) is 0 Å². The number of rotatable bonds is 4. The van der Waals surface area contributed by atoms with Crippen LogP contribution in [0.5, 0.6) is 0 Å². The van der Waals surface area contributed by atoms with Gasteiger partial charge in [-0.1, -0.05) is 109 Å². The Kier molecular flexibility index (Phi) is 6.22. The average Bonchev–Trinajstić information content (AvgIpc) is 3.67. The summed E-state index contributed by atoms with van der Waals surface area (Å²) in [5.41, 5.74) is 11.5. The molecule has 0 fully saturated rings. The lowest BCUT2D eigenvalue weighted by Gasteiger charge is -2.15. The summed E-state index contributed by atoms with van der Waals surface area (Å²) in [6.45, 7) is 7.60. The molecule has 0 aliphatic rings. The van der Waals surface area contributed by atoms with Gasteiger partial charge in [-0.05, 0) is 65.2 Å². The second-order valence-corrected chi connectivity index (χ2v) is 12.0. The van der Waals surface area contributed by atoms with Crippen LogP contribution in [0.2, 0.25) is 0 Å². The van der Waals surface area contributed by atoms with Crippen molar-refractivity contribution in [3.63, 3.8) is 0 Å². The van der Waals surface area contributed by atoms with Crippen LogP contribution in [0.25, 0.3) is 82.1 Å². The second kappa shape index (κ2) is 10.9. The molecule has 0 saturated heterocycles. The zero-order chi connectivity index (χ0) is 32.2. The van der Waals surface area contributed by atoms with Crippen LogP contribution in [0.3, 0.4) is 0 Å². The van der Waals surface area contributed by atoms with Crippen LogP contribution in [0.4, 0.5) is 5.69 Å². The first kappa shape index (κ1) is 27.4. The topological polar surface area (TPSA) is 38.0 Å². The molecule has 4 heteroatoms. The molecule has 0 spiro atoms. The van der Waals surface area contributed by atoms with E-state index >= 15 is 0 Å². The number of aromatic nitrogens is 2. The summed E-state index contributed by atoms with van der Waals surface area (Å²) < 4.78 is 4.47. The van der Waals surface area contributed by atoms with Gasteiger partial charge in [-0.2, -0.15) is 5.26 Å². The lowest BCUT2D eigenvalue weighted by molar-refractivity contribution is 1.17. The molecule has 9 rings (SSSR count). The van der Waals surface area contributed by atoms with Crippen LogP contribution in [0.1, 0.15) is 5.56 Å². The van der Waals surface area contributed by atoms with Gasteiger partial charge >= 0.3 is 0 Å². The number of nitriles is 1. The van der Waals surface area contributed by atoms with E-state index in [1.807, 2.05) is 42.5 Å². The van der Waals surface area contributed by atoms with Crippen molar-refractivity contribution < 1.29 is 0 Å². The quantitative estimate of drug-likeness (QED) is 0.183. The van der Waals surface area contributed by atoms with Crippen molar-refractivity contribution in [2.24, 2.45) is 0 Å². The molecule has 2 heterocycles. The van der Waals surface area contributed by atoms with Crippen LogP contribution < -0.4 is 0 Å². The highest BCUT2D eigenvalue weighted by molar-refractivity contribution is 6.11. The monoisotopic (exact) mass is 610 g/mol. The van der Waals surface area contributed by atoms with Crippen LogP contribution in [-0.2, 0) is 0 Å². The second-order valence-electron chi connectivity index (χ2n) is 12.0. The van der Waals surface area contributed by atoms with Crippen molar-refractivity contribution in [1.82, 2.24) is 9.13 Å². The molecule has 7 aromatic carbocycles. The van der Waals surface area contributed by atoms with Gasteiger partial charge in [0.1, 0.15) is 6.07 Å². The van der Waals surface area contributed by atoms with Crippen molar-refractivity contribution in [3.8, 4) is 39.7 Å². The van der Waals surface area contributed by atoms with Gasteiger partial charge in [0, 0.05) is 32.6 Å². The number of fused-ring (bicyclic) bond motifs is 6. The van der Waals surface area contributed by atoms with E-state index in [-0.39, 0.29) is 0 Å². The number of hydrogen-bond acceptors (Lipinski definition) is 1. The van der Waals surface area contributed by atoms with Gasteiger partial charge < -0.3 is 9.13 Å². The fourth-order valence-electron chi connectivity index (χ4n) is 7.25. The van der Waals surface area contributed by atoms with E-state index in [1.165, 1.54) is 21.8 Å². The summed E-state index contributed by atoms with van der Waals surface area (Å²) in [5.74, 6) is 0. The van der Waals surface area contributed by atoms with E-state index in [0.29, 0.717) is 11.3 Å². The van der Waals surface area contributed by atoms with E-state index < -0.39 is 0 Å². The Morgan fingerprint density at radius 1 is 0.458 bits per heavy atom. The van der Waals surface area contributed by atoms with Gasteiger partial charge in [-0.15, -0.1) is 0 Å². The summed E-state index contributed by atoms with van der Waals surface area (Å²) in [7, 11) is 0. The van der Waals surface area contributed by atoms with Gasteiger partial charge in [-0.25, -0.2) is 4.85 Å². The minimum Gasteiger partial charge on any atom is -0.309 e. The Bertz CT molecular complexity index is 2760. The van der Waals surface area contributed by atoms with Gasteiger partial charge in [-0.3, -0.25) is 0 Å². The molecule has 0 atom stereocenters. The summed E-state index contributed by atoms with van der Waals surface area (Å²) in [6, 6.07) is 56.8. The predicted molar refractivity (Wildman–Crippen MR) is 197 cm³/mol. The Hall–Kier alpha value is -6.88. The molecule has 0 N–H and O–H groups in total. The maximum absolute atomic E-state index is 10.5. The first-order valence-electron chi connectivity index (χ1n) is 15.9. The molecule has 222 valence electrons. The molecule has 0 bridgehead atoms. The van der Waals surface area contributed by atoms with E-state index in [1.54, 1.807) is 0 Å². The van der Waals surface area contributed by atoms with Crippen molar-refractivity contribution >= 4 is 49.3 Å². The first-order chi connectivity index (χ1) is 23.7. The average molecular weight is 611 g/mol. The fourth-order valence-corrected chi connectivity index (χ4v) is 7.25. The molecular formula is C44H26N4. The predicted octanol–water partition coefficient (Wildman–Crippen LogP) is 11.6. The third-order valence-electron chi connectivity index (χ3n) is 9.38. The molecule has 0 aliphatic heterocycles. The van der Waals surface area contributed by atoms with Crippen LogP contribution in [0, 0.1) is 17.9 Å². The van der Waals surface area contributed by atoms with E-state index in [9.17, 15) is 5.26 Å². The number of nitrogens with zero attached hydrogens (tertiary/aromatic N) is 4. The summed E-state index contributed by atoms with van der Waals surface area (Å²) >= 11 is 0. The summed E-state index contributed by atoms with van der Waals surface area (Å²) in [4.78, 5) is 3.68. The van der Waals surface area contributed by atoms with Gasteiger partial charge in [0.15, 0.2) is 5.69 Å². The maximum atomic E-state index is 10.5. The van der Waals surface area contributed by atoms with Crippen molar-refractivity contribution in [2.75, 3.05) is 0 Å². The van der Waals surface area contributed by atoms with E-state index in [4.69, 9.17) is 6.57 Å². The van der Waals surface area contributed by atoms with Crippen molar-refractivity contribution in [2.45, 2.75) is 0 Å². The zero-order valence-electron chi connectivity index (χ0n) is 25.8. The third-order valence-corrected chi connectivity index (χ3v) is 9.38. The molecule has 9 aromatic rings. The van der Waals surface area contributed by atoms with Crippen LogP contribution in [0.15, 0.2) is 158 Å². The largest absolute Gasteiger partial charge is 0.309 e. The highest BCUT2D eigenvalue weighted by Crippen LogP contribution is 2.39. The SMILES string of the molecule is [C-]#[N+]c1ccc2c3ccccc3n(-c3ccc(-c4cccc(-c5ccccc5-n5c6ccccc6c6ccccc65)c4)cc3C#N)c2c1. The molecule has 0 saturated carbocycles. The van der Waals surface area contributed by atoms with Gasteiger partial charge in [0.25, 0.3) is 0 Å². The molecule has 4 nitrogen and oxygen atoms in total. The maximum Gasteiger partial charge on any atom is 0.189 e. The Morgan fingerprint density at radius 3 is 1.69 bits per heavy atom. The normalized spacial score (nSPS) is 11.3. The zero-order valence-corrected chi connectivity index (χ0v) is 25.8. The highest BCUT2D eigenvalue weighted by atomic mass is 15.0. The smallest absolute Gasteiger partial charge is 0.189 e. The van der Waals surface area contributed by atoms with E-state index in [0.717, 1.165) is 55.4 Å². The third kappa shape index (κ3) is 4.14. The summed E-state index contributed by atoms with van der Waals surface area (Å²) in [5, 5.41) is 15.1. The minimum absolute atomic E-state index is 0.569. The lowest BCUT2D eigenvalue weighted by atomic mass is 9.96. The molecule has 2 aromatic heterocycles. The lowest BCUT2D eigenvalue weighted by Crippen LogP contribution is -1.98. The van der Waals surface area contributed by atoms with E-state index in [2.05, 4.69) is 135 Å². The minimum atomic E-state index is 0.569. The van der Waals surface area contributed by atoms with Crippen molar-refractivity contribution in [1.29, 1.82) is 5.26 Å². The molecule has 0 amide bonds. The first-order valence-corrected chi connectivity index (χ1v) is 15.9. The number of hydrogen-bond donors (Lipinski definition) is 0. The Labute approximate surface area is 277 Å². The molecule has 0 radical (unpaired) electrons. The standard InChI is InChI=1S/C44H26N4/c1-46-33-22-23-38-37-16-5-7-18-41(37)47(44(38)27-33)39-24-21-30(26-32(39)28-45)29-11-10-12-31(25-29)34-13-2-6-17-40(34)48-42-19-8-3-14-35(42)36-15-4-9-20-43(36)48/h2-27H. The van der Waals surface area contributed by atoms with Crippen molar-refractivity contribution in [3.05, 3.63) is 175 Å².